The first kappa shape index (κ1) is 7.41. The number of hydrogen-bond donors (Lipinski definition) is 1. The van der Waals surface area contributed by atoms with Gasteiger partial charge in [0.25, 0.3) is 0 Å². The van der Waals surface area contributed by atoms with Crippen LogP contribution in [0.3, 0.4) is 0 Å². The number of hydrogen-bond acceptors (Lipinski definition) is 0. The quantitative estimate of drug-likeness (QED) is 0.616. The van der Waals surface area contributed by atoms with Crippen LogP contribution in [0.1, 0.15) is 5.69 Å². The van der Waals surface area contributed by atoms with Crippen molar-refractivity contribution in [3.8, 4) is 0 Å². The molecule has 0 unspecified atom stereocenters. The molecule has 0 fully saturated rings. The van der Waals surface area contributed by atoms with Gasteiger partial charge in [0.2, 0.25) is 0 Å². The van der Waals surface area contributed by atoms with Gasteiger partial charge in [0, 0.05) is 27.8 Å². The third-order valence-electron chi connectivity index (χ3n) is 0.967. The summed E-state index contributed by atoms with van der Waals surface area (Å²) in [6.07, 6.45) is 3.88. The van der Waals surface area contributed by atoms with Crippen LogP contribution in [-0.2, 0) is 0 Å². The van der Waals surface area contributed by atoms with Crippen molar-refractivity contribution in [2.75, 3.05) is 5.88 Å². The average Bonchev–Trinajstić information content (AvgIpc) is 2.17. The molecule has 0 aliphatic carbocycles. The summed E-state index contributed by atoms with van der Waals surface area (Å²) in [7, 11) is 0. The van der Waals surface area contributed by atoms with Gasteiger partial charge in [-0.15, -0.1) is 11.6 Å². The fourth-order valence-corrected chi connectivity index (χ4v) is 1.24. The molecule has 0 saturated heterocycles. The summed E-state index contributed by atoms with van der Waals surface area (Å²) in [6, 6.07) is 2.04. The van der Waals surface area contributed by atoms with Crippen LogP contribution in [0.25, 0.3) is 0 Å². The number of H-pyrrole nitrogens is 1. The lowest BCUT2D eigenvalue weighted by atomic mass is 10.3. The molecule has 0 spiro atoms. The first-order chi connectivity index (χ1) is 4.33. The lowest BCUT2D eigenvalue weighted by molar-refractivity contribution is 1.26. The van der Waals surface area contributed by atoms with Gasteiger partial charge in [0.1, 0.15) is 0 Å². The topological polar surface area (TPSA) is 15.8 Å². The van der Waals surface area contributed by atoms with Crippen molar-refractivity contribution in [1.29, 1.82) is 0 Å². The fourth-order valence-electron chi connectivity index (χ4n) is 0.585. The van der Waals surface area contributed by atoms with E-state index in [1.54, 1.807) is 0 Å². The Morgan fingerprint density at radius 2 is 2.56 bits per heavy atom. The largest absolute Gasteiger partial charge is 0.364 e. The third kappa shape index (κ3) is 2.18. The van der Waals surface area contributed by atoms with Crippen molar-refractivity contribution in [2.45, 2.75) is 0 Å². The van der Waals surface area contributed by atoms with Crippen LogP contribution < -0.4 is 0 Å². The van der Waals surface area contributed by atoms with Crippen LogP contribution in [0, 0.1) is 9.99 Å². The zero-order valence-electron chi connectivity index (χ0n) is 4.70. The second-order valence-electron chi connectivity index (χ2n) is 1.63. The summed E-state index contributed by atoms with van der Waals surface area (Å²) < 4.78 is 1.21. The molecule has 1 radical (unpaired) electrons. The van der Waals surface area contributed by atoms with Crippen LogP contribution in [-0.4, -0.2) is 10.9 Å². The minimum Gasteiger partial charge on any atom is -0.364 e. The summed E-state index contributed by atoms with van der Waals surface area (Å²) in [6.45, 7) is 0. The smallest absolute Gasteiger partial charge is 0.0313 e. The molecule has 1 aromatic rings. The Morgan fingerprint density at radius 3 is 3.00 bits per heavy atom. The van der Waals surface area contributed by atoms with E-state index in [1.165, 1.54) is 3.57 Å². The maximum absolute atomic E-state index is 5.47. The maximum Gasteiger partial charge on any atom is 0.0313 e. The highest BCUT2D eigenvalue weighted by Gasteiger charge is 1.93. The van der Waals surface area contributed by atoms with Gasteiger partial charge in [-0.3, -0.25) is 0 Å². The first-order valence-electron chi connectivity index (χ1n) is 2.56. The summed E-state index contributed by atoms with van der Waals surface area (Å²) in [5, 5.41) is 0. The molecule has 49 valence electrons. The Labute approximate surface area is 72.9 Å². The third-order valence-corrected chi connectivity index (χ3v) is 1.74. The van der Waals surface area contributed by atoms with Crippen molar-refractivity contribution in [1.82, 2.24) is 4.98 Å². The minimum atomic E-state index is 0.566. The molecule has 1 heterocycles. The molecule has 0 aliphatic heterocycles. The van der Waals surface area contributed by atoms with E-state index in [4.69, 9.17) is 11.6 Å². The molecule has 0 aromatic carbocycles. The molecule has 3 heteroatoms. The van der Waals surface area contributed by atoms with Crippen LogP contribution in [0.2, 0.25) is 0 Å². The van der Waals surface area contributed by atoms with Gasteiger partial charge < -0.3 is 4.98 Å². The van der Waals surface area contributed by atoms with Gasteiger partial charge in [-0.25, -0.2) is 0 Å². The predicted molar refractivity (Wildman–Crippen MR) is 47.6 cm³/mol. The molecule has 9 heavy (non-hydrogen) atoms. The van der Waals surface area contributed by atoms with E-state index in [0.717, 1.165) is 5.69 Å². The highest BCUT2D eigenvalue weighted by atomic mass is 127. The molecular formula is C6H6ClIN. The number of alkyl halides is 1. The molecule has 0 aliphatic rings. The van der Waals surface area contributed by atoms with Crippen LogP contribution in [0.4, 0.5) is 0 Å². The Kier molecular flexibility index (Phi) is 2.85. The Hall–Kier alpha value is 0.300. The van der Waals surface area contributed by atoms with Crippen LogP contribution >= 0.6 is 34.2 Å². The second-order valence-corrected chi connectivity index (χ2v) is 3.19. The lowest BCUT2D eigenvalue weighted by Gasteiger charge is -1.85. The van der Waals surface area contributed by atoms with Crippen molar-refractivity contribution >= 4 is 34.2 Å². The number of aromatic nitrogens is 1. The molecule has 1 nitrogen and oxygen atoms in total. The predicted octanol–water partition coefficient (Wildman–Crippen LogP) is 2.41. The van der Waals surface area contributed by atoms with E-state index >= 15 is 0 Å². The fraction of sp³-hybridized carbons (Fsp3) is 0.167. The number of halogens is 2. The van der Waals surface area contributed by atoms with E-state index in [0.29, 0.717) is 5.88 Å². The zero-order chi connectivity index (χ0) is 6.69. The lowest BCUT2D eigenvalue weighted by Crippen LogP contribution is -1.79. The van der Waals surface area contributed by atoms with E-state index in [2.05, 4.69) is 27.6 Å². The molecule has 1 rings (SSSR count). The van der Waals surface area contributed by atoms with Gasteiger partial charge in [0.05, 0.1) is 0 Å². The van der Waals surface area contributed by atoms with Gasteiger partial charge in [-0.05, 0) is 28.7 Å². The Balaban J connectivity index is 2.61. The number of rotatable bonds is 2. The monoisotopic (exact) mass is 254 g/mol. The molecule has 1 aromatic heterocycles. The Bertz CT molecular complexity index is 185. The van der Waals surface area contributed by atoms with Crippen molar-refractivity contribution < 1.29 is 0 Å². The molecule has 0 atom stereocenters. The van der Waals surface area contributed by atoms with Gasteiger partial charge in [0.15, 0.2) is 0 Å². The van der Waals surface area contributed by atoms with Crippen molar-refractivity contribution in [2.24, 2.45) is 0 Å². The van der Waals surface area contributed by atoms with Gasteiger partial charge >= 0.3 is 0 Å². The van der Waals surface area contributed by atoms with Crippen molar-refractivity contribution in [3.05, 3.63) is 27.9 Å². The second kappa shape index (κ2) is 3.46. The SMILES string of the molecule is ClC[CH]c1cc(I)c[nH]1. The van der Waals surface area contributed by atoms with E-state index < -0.39 is 0 Å². The summed E-state index contributed by atoms with van der Waals surface area (Å²) >= 11 is 7.71. The standard InChI is InChI=1S/C6H6ClIN/c7-2-1-6-3-5(8)4-9-6/h1,3-4,9H,2H2. The van der Waals surface area contributed by atoms with Crippen LogP contribution in [0.5, 0.6) is 0 Å². The van der Waals surface area contributed by atoms with E-state index in [9.17, 15) is 0 Å². The molecule has 0 bridgehead atoms. The van der Waals surface area contributed by atoms with E-state index in [-0.39, 0.29) is 0 Å². The van der Waals surface area contributed by atoms with E-state index in [1.807, 2.05) is 18.7 Å². The number of nitrogens with one attached hydrogen (secondary N) is 1. The number of aromatic amines is 1. The summed E-state index contributed by atoms with van der Waals surface area (Å²) in [4.78, 5) is 3.06. The average molecular weight is 254 g/mol. The molecular weight excluding hydrogens is 248 g/mol. The van der Waals surface area contributed by atoms with Crippen molar-refractivity contribution in [3.63, 3.8) is 0 Å². The minimum absolute atomic E-state index is 0.566. The molecule has 1 N–H and O–H groups in total. The van der Waals surface area contributed by atoms with Gasteiger partial charge in [-0.2, -0.15) is 0 Å². The first-order valence-corrected chi connectivity index (χ1v) is 4.17. The van der Waals surface area contributed by atoms with Gasteiger partial charge in [-0.1, -0.05) is 0 Å². The normalized spacial score (nSPS) is 10.0. The highest BCUT2D eigenvalue weighted by molar-refractivity contribution is 14.1. The van der Waals surface area contributed by atoms with Crippen LogP contribution in [0.15, 0.2) is 12.3 Å². The highest BCUT2D eigenvalue weighted by Crippen LogP contribution is 2.07. The summed E-state index contributed by atoms with van der Waals surface area (Å²) in [5.74, 6) is 0.566. The zero-order valence-corrected chi connectivity index (χ0v) is 7.61. The summed E-state index contributed by atoms with van der Waals surface area (Å²) in [5.41, 5.74) is 1.09. The Morgan fingerprint density at radius 1 is 1.78 bits per heavy atom. The molecule has 0 saturated carbocycles. The maximum atomic E-state index is 5.47. The molecule has 0 amide bonds.